The summed E-state index contributed by atoms with van der Waals surface area (Å²) in [5, 5.41) is 0.797. The lowest BCUT2D eigenvalue weighted by atomic mass is 9.67. The molecule has 3 heteroatoms. The number of alkyl halides is 1. The topological polar surface area (TPSA) is 9.23 Å². The molecule has 0 fully saturated rings. The van der Waals surface area contributed by atoms with Gasteiger partial charge in [0.1, 0.15) is 11.1 Å². The summed E-state index contributed by atoms with van der Waals surface area (Å²) in [6.07, 6.45) is -0.0130. The molecule has 2 unspecified atom stereocenters. The van der Waals surface area contributed by atoms with Crippen LogP contribution in [-0.4, -0.2) is 0 Å². The van der Waals surface area contributed by atoms with E-state index in [-0.39, 0.29) is 16.5 Å². The Balaban J connectivity index is 2.11. The third-order valence-electron chi connectivity index (χ3n) is 4.75. The van der Waals surface area contributed by atoms with Gasteiger partial charge in [-0.15, -0.1) is 0 Å². The first-order valence-electron chi connectivity index (χ1n) is 7.14. The summed E-state index contributed by atoms with van der Waals surface area (Å²) in [4.78, 5) is 0. The molecule has 1 aliphatic carbocycles. The van der Waals surface area contributed by atoms with Crippen LogP contribution in [0.1, 0.15) is 58.3 Å². The molecule has 21 heavy (non-hydrogen) atoms. The van der Waals surface area contributed by atoms with Gasteiger partial charge in [-0.3, -0.25) is 0 Å². The summed E-state index contributed by atoms with van der Waals surface area (Å²) in [6, 6.07) is 10.7. The fourth-order valence-electron chi connectivity index (χ4n) is 3.88. The highest BCUT2D eigenvalue weighted by Crippen LogP contribution is 2.56. The first kappa shape index (κ1) is 13.8. The predicted molar refractivity (Wildman–Crippen MR) is 89.4 cm³/mol. The minimum atomic E-state index is -0.109. The molecule has 0 bridgehead atoms. The SMILES string of the molecule is Cc1cc(Cl)c2c(c1)C1OC(Br)c3cccc(c31)C2(C)C. The van der Waals surface area contributed by atoms with Crippen molar-refractivity contribution in [3.63, 3.8) is 0 Å². The van der Waals surface area contributed by atoms with Crippen LogP contribution in [0, 0.1) is 6.92 Å². The van der Waals surface area contributed by atoms with E-state index >= 15 is 0 Å². The fourth-order valence-corrected chi connectivity index (χ4v) is 5.01. The largest absolute Gasteiger partial charge is 0.349 e. The summed E-state index contributed by atoms with van der Waals surface area (Å²) < 4.78 is 6.20. The van der Waals surface area contributed by atoms with Crippen LogP contribution in [0.4, 0.5) is 0 Å². The van der Waals surface area contributed by atoms with Crippen molar-refractivity contribution < 1.29 is 4.74 Å². The van der Waals surface area contributed by atoms with E-state index < -0.39 is 0 Å². The van der Waals surface area contributed by atoms with Crippen molar-refractivity contribution in [2.75, 3.05) is 0 Å². The first-order chi connectivity index (χ1) is 9.91. The fraction of sp³-hybridized carbons (Fsp3) is 0.333. The second-order valence-electron chi connectivity index (χ2n) is 6.48. The van der Waals surface area contributed by atoms with E-state index in [1.807, 2.05) is 0 Å². The van der Waals surface area contributed by atoms with Gasteiger partial charge in [0.25, 0.3) is 0 Å². The Hall–Kier alpha value is -0.830. The van der Waals surface area contributed by atoms with Crippen LogP contribution in [-0.2, 0) is 10.2 Å². The van der Waals surface area contributed by atoms with Crippen molar-refractivity contribution in [2.24, 2.45) is 0 Å². The van der Waals surface area contributed by atoms with Crippen molar-refractivity contribution in [3.05, 3.63) is 68.7 Å². The Morgan fingerprint density at radius 1 is 1.19 bits per heavy atom. The molecule has 0 aromatic heterocycles. The highest BCUT2D eigenvalue weighted by Gasteiger charge is 2.45. The number of benzene rings is 2. The molecule has 0 saturated carbocycles. The van der Waals surface area contributed by atoms with Gasteiger partial charge in [0, 0.05) is 10.4 Å². The summed E-state index contributed by atoms with van der Waals surface area (Å²) in [7, 11) is 0. The Bertz CT molecular complexity index is 766. The molecule has 108 valence electrons. The maximum atomic E-state index is 6.61. The van der Waals surface area contributed by atoms with Crippen molar-refractivity contribution >= 4 is 27.5 Å². The van der Waals surface area contributed by atoms with Crippen LogP contribution in [0.3, 0.4) is 0 Å². The first-order valence-corrected chi connectivity index (χ1v) is 8.44. The highest BCUT2D eigenvalue weighted by molar-refractivity contribution is 9.09. The summed E-state index contributed by atoms with van der Waals surface area (Å²) in [5.74, 6) is 0. The maximum absolute atomic E-state index is 6.61. The number of fused-ring (bicyclic) bond motifs is 2. The number of hydrogen-bond acceptors (Lipinski definition) is 1. The second-order valence-corrected chi connectivity index (χ2v) is 7.72. The minimum absolute atomic E-state index is 0.0130. The summed E-state index contributed by atoms with van der Waals surface area (Å²) in [5.41, 5.74) is 7.37. The lowest BCUT2D eigenvalue weighted by molar-refractivity contribution is 0.0876. The van der Waals surface area contributed by atoms with Crippen molar-refractivity contribution in [3.8, 4) is 0 Å². The van der Waals surface area contributed by atoms with Gasteiger partial charge in [-0.1, -0.05) is 65.6 Å². The van der Waals surface area contributed by atoms with Gasteiger partial charge in [0.2, 0.25) is 0 Å². The Labute approximate surface area is 138 Å². The van der Waals surface area contributed by atoms with E-state index in [4.69, 9.17) is 16.3 Å². The van der Waals surface area contributed by atoms with Crippen LogP contribution in [0.25, 0.3) is 0 Å². The average Bonchev–Trinajstić information content (AvgIpc) is 2.74. The number of halogens is 2. The lowest BCUT2D eigenvalue weighted by Crippen LogP contribution is -2.29. The molecule has 0 amide bonds. The maximum Gasteiger partial charge on any atom is 0.139 e. The van der Waals surface area contributed by atoms with Crippen LogP contribution in [0.15, 0.2) is 30.3 Å². The van der Waals surface area contributed by atoms with E-state index in [1.54, 1.807) is 0 Å². The van der Waals surface area contributed by atoms with Crippen LogP contribution >= 0.6 is 27.5 Å². The van der Waals surface area contributed by atoms with Crippen LogP contribution < -0.4 is 0 Å². The molecule has 2 atom stereocenters. The van der Waals surface area contributed by atoms with Gasteiger partial charge in [0.15, 0.2) is 0 Å². The highest BCUT2D eigenvalue weighted by atomic mass is 79.9. The third kappa shape index (κ3) is 1.73. The molecule has 2 aromatic rings. The molecule has 1 nitrogen and oxygen atoms in total. The summed E-state index contributed by atoms with van der Waals surface area (Å²) in [6.45, 7) is 6.59. The van der Waals surface area contributed by atoms with E-state index in [0.717, 1.165) is 5.02 Å². The smallest absolute Gasteiger partial charge is 0.139 e. The minimum Gasteiger partial charge on any atom is -0.349 e. The molecule has 1 heterocycles. The van der Waals surface area contributed by atoms with Crippen molar-refractivity contribution in [1.82, 2.24) is 0 Å². The average molecular weight is 364 g/mol. The van der Waals surface area contributed by atoms with E-state index in [0.29, 0.717) is 0 Å². The van der Waals surface area contributed by atoms with E-state index in [9.17, 15) is 0 Å². The van der Waals surface area contributed by atoms with Gasteiger partial charge in [-0.05, 0) is 46.4 Å². The molecule has 0 saturated heterocycles. The molecule has 0 radical (unpaired) electrons. The number of ether oxygens (including phenoxy) is 1. The van der Waals surface area contributed by atoms with Crippen molar-refractivity contribution in [1.29, 1.82) is 0 Å². The molecule has 4 rings (SSSR count). The zero-order valence-electron chi connectivity index (χ0n) is 12.2. The predicted octanol–water partition coefficient (Wildman–Crippen LogP) is 5.80. The quantitative estimate of drug-likeness (QED) is 0.537. The monoisotopic (exact) mass is 362 g/mol. The van der Waals surface area contributed by atoms with Crippen LogP contribution in [0.2, 0.25) is 5.02 Å². The second kappa shape index (κ2) is 4.34. The van der Waals surface area contributed by atoms with E-state index in [1.165, 1.54) is 33.4 Å². The summed E-state index contributed by atoms with van der Waals surface area (Å²) >= 11 is 10.3. The number of aryl methyl sites for hydroxylation is 1. The molecule has 2 aliphatic rings. The number of hydrogen-bond donors (Lipinski definition) is 0. The Kier molecular flexibility index (Phi) is 2.86. The molecule has 2 aromatic carbocycles. The Morgan fingerprint density at radius 2 is 1.95 bits per heavy atom. The molecule has 1 aliphatic heterocycles. The normalized spacial score (nSPS) is 24.6. The lowest BCUT2D eigenvalue weighted by Gasteiger charge is -2.38. The van der Waals surface area contributed by atoms with E-state index in [2.05, 4.69) is 67.0 Å². The Morgan fingerprint density at radius 3 is 2.71 bits per heavy atom. The van der Waals surface area contributed by atoms with Crippen molar-refractivity contribution in [2.45, 2.75) is 37.3 Å². The molecular weight excluding hydrogens is 348 g/mol. The standard InChI is InChI=1S/C18H16BrClO/c1-9-7-11-15(13(20)8-9)18(2,3)12-6-4-5-10-14(12)16(11)21-17(10)19/h4-8,16-17H,1-3H3. The zero-order chi connectivity index (χ0) is 14.9. The van der Waals surface area contributed by atoms with Gasteiger partial charge < -0.3 is 4.74 Å². The van der Waals surface area contributed by atoms with Gasteiger partial charge in [-0.2, -0.15) is 0 Å². The molecule has 0 N–H and O–H groups in total. The third-order valence-corrected chi connectivity index (χ3v) is 5.76. The van der Waals surface area contributed by atoms with Gasteiger partial charge in [-0.25, -0.2) is 0 Å². The van der Waals surface area contributed by atoms with Gasteiger partial charge >= 0.3 is 0 Å². The van der Waals surface area contributed by atoms with Crippen LogP contribution in [0.5, 0.6) is 0 Å². The molecular formula is C18H16BrClO. The molecule has 0 spiro atoms. The number of rotatable bonds is 0. The zero-order valence-corrected chi connectivity index (χ0v) is 14.5. The van der Waals surface area contributed by atoms with Gasteiger partial charge in [0.05, 0.1) is 0 Å².